The Morgan fingerprint density at radius 1 is 1.30 bits per heavy atom. The highest BCUT2D eigenvalue weighted by atomic mass is 16.3. The molecule has 112 valence electrons. The Kier molecular flexibility index (Phi) is 4.47. The topological polar surface area (TPSA) is 28.4 Å². The lowest BCUT2D eigenvalue weighted by Crippen LogP contribution is -2.45. The van der Waals surface area contributed by atoms with Crippen LogP contribution in [0.2, 0.25) is 0 Å². The molecule has 0 bridgehead atoms. The van der Waals surface area contributed by atoms with Crippen LogP contribution in [0.4, 0.5) is 0 Å². The molecule has 2 aliphatic rings. The number of furan rings is 1. The van der Waals surface area contributed by atoms with E-state index < -0.39 is 0 Å². The number of piperidine rings is 1. The van der Waals surface area contributed by atoms with Crippen molar-refractivity contribution in [2.24, 2.45) is 5.92 Å². The fourth-order valence-electron chi connectivity index (χ4n) is 3.74. The second-order valence-corrected chi connectivity index (χ2v) is 6.88. The van der Waals surface area contributed by atoms with E-state index >= 15 is 0 Å². The first-order valence-electron chi connectivity index (χ1n) is 8.27. The molecule has 1 aromatic rings. The lowest BCUT2D eigenvalue weighted by molar-refractivity contribution is 0.172. The van der Waals surface area contributed by atoms with Crippen molar-refractivity contribution in [1.82, 2.24) is 10.2 Å². The molecule has 3 heteroatoms. The molecule has 1 N–H and O–H groups in total. The van der Waals surface area contributed by atoms with Gasteiger partial charge in [-0.3, -0.25) is 0 Å². The van der Waals surface area contributed by atoms with Gasteiger partial charge >= 0.3 is 0 Å². The van der Waals surface area contributed by atoms with Crippen molar-refractivity contribution in [3.63, 3.8) is 0 Å². The molecule has 20 heavy (non-hydrogen) atoms. The third kappa shape index (κ3) is 3.26. The van der Waals surface area contributed by atoms with Gasteiger partial charge in [-0.15, -0.1) is 0 Å². The minimum atomic E-state index is 0.527. The molecule has 0 saturated carbocycles. The van der Waals surface area contributed by atoms with E-state index in [9.17, 15) is 0 Å². The summed E-state index contributed by atoms with van der Waals surface area (Å²) in [6.45, 7) is 8.38. The second kappa shape index (κ2) is 6.31. The van der Waals surface area contributed by atoms with Crippen LogP contribution in [0, 0.1) is 5.92 Å². The zero-order chi connectivity index (χ0) is 13.9. The smallest absolute Gasteiger partial charge is 0.108 e. The molecule has 3 rings (SSSR count). The van der Waals surface area contributed by atoms with Crippen molar-refractivity contribution in [3.8, 4) is 0 Å². The van der Waals surface area contributed by atoms with E-state index in [1.807, 2.05) is 6.26 Å². The predicted octanol–water partition coefficient (Wildman–Crippen LogP) is 3.37. The van der Waals surface area contributed by atoms with Gasteiger partial charge < -0.3 is 14.6 Å². The van der Waals surface area contributed by atoms with Crippen molar-refractivity contribution in [3.05, 3.63) is 23.7 Å². The average molecular weight is 276 g/mol. The molecule has 1 saturated heterocycles. The number of nitrogens with one attached hydrogen (secondary N) is 1. The van der Waals surface area contributed by atoms with Gasteiger partial charge in [0.1, 0.15) is 5.76 Å². The number of nitrogens with zero attached hydrogens (tertiary/aromatic N) is 1. The van der Waals surface area contributed by atoms with Crippen LogP contribution in [0.5, 0.6) is 0 Å². The van der Waals surface area contributed by atoms with Gasteiger partial charge in [0.2, 0.25) is 0 Å². The number of fused-ring (bicyclic) bond motifs is 1. The first kappa shape index (κ1) is 14.2. The Hall–Kier alpha value is -0.800. The first-order chi connectivity index (χ1) is 9.72. The molecule has 2 heterocycles. The monoisotopic (exact) mass is 276 g/mol. The summed E-state index contributed by atoms with van der Waals surface area (Å²) >= 11 is 0. The molecule has 1 unspecified atom stereocenters. The van der Waals surface area contributed by atoms with E-state index in [4.69, 9.17) is 4.42 Å². The molecule has 0 amide bonds. The number of aryl methyl sites for hydroxylation is 1. The number of rotatable bonds is 4. The fourth-order valence-corrected chi connectivity index (χ4v) is 3.74. The Morgan fingerprint density at radius 3 is 2.85 bits per heavy atom. The Labute approximate surface area is 122 Å². The minimum absolute atomic E-state index is 0.527. The van der Waals surface area contributed by atoms with Crippen LogP contribution >= 0.6 is 0 Å². The maximum Gasteiger partial charge on any atom is 0.108 e. The Bertz CT molecular complexity index is 418. The zero-order valence-electron chi connectivity index (χ0n) is 12.9. The van der Waals surface area contributed by atoms with Gasteiger partial charge in [0, 0.05) is 30.6 Å². The highest BCUT2D eigenvalue weighted by Crippen LogP contribution is 2.31. The summed E-state index contributed by atoms with van der Waals surface area (Å²) in [5.74, 6) is 2.00. The van der Waals surface area contributed by atoms with Gasteiger partial charge in [-0.1, -0.05) is 13.8 Å². The Balaban J connectivity index is 1.51. The molecule has 1 aromatic heterocycles. The van der Waals surface area contributed by atoms with Crippen LogP contribution in [-0.4, -0.2) is 30.6 Å². The summed E-state index contributed by atoms with van der Waals surface area (Å²) in [7, 11) is 0. The normalized spacial score (nSPS) is 25.1. The molecule has 1 atom stereocenters. The minimum Gasteiger partial charge on any atom is -0.469 e. The SMILES string of the molecule is CC(C)CN1CCC(NC2CCCc3occc32)CC1. The lowest BCUT2D eigenvalue weighted by atomic mass is 9.91. The van der Waals surface area contributed by atoms with Crippen LogP contribution in [0.1, 0.15) is 56.9 Å². The van der Waals surface area contributed by atoms with Crippen molar-refractivity contribution in [2.45, 2.75) is 58.0 Å². The number of hydrogen-bond acceptors (Lipinski definition) is 3. The molecule has 1 aliphatic carbocycles. The molecular formula is C17H28N2O. The van der Waals surface area contributed by atoms with E-state index in [-0.39, 0.29) is 0 Å². The van der Waals surface area contributed by atoms with Crippen molar-refractivity contribution in [2.75, 3.05) is 19.6 Å². The van der Waals surface area contributed by atoms with Crippen LogP contribution in [0.15, 0.2) is 16.7 Å². The van der Waals surface area contributed by atoms with Gasteiger partial charge in [0.25, 0.3) is 0 Å². The molecule has 0 radical (unpaired) electrons. The zero-order valence-corrected chi connectivity index (χ0v) is 12.9. The highest BCUT2D eigenvalue weighted by Gasteiger charge is 2.26. The third-order valence-electron chi connectivity index (χ3n) is 4.70. The van der Waals surface area contributed by atoms with Gasteiger partial charge in [0.15, 0.2) is 0 Å². The fraction of sp³-hybridized carbons (Fsp3) is 0.765. The van der Waals surface area contributed by atoms with E-state index in [0.717, 1.165) is 12.3 Å². The van der Waals surface area contributed by atoms with Gasteiger partial charge in [-0.05, 0) is 50.8 Å². The highest BCUT2D eigenvalue weighted by molar-refractivity contribution is 5.24. The molecular weight excluding hydrogens is 248 g/mol. The van der Waals surface area contributed by atoms with Crippen LogP contribution < -0.4 is 5.32 Å². The van der Waals surface area contributed by atoms with E-state index in [1.54, 1.807) is 0 Å². The maximum atomic E-state index is 5.59. The summed E-state index contributed by atoms with van der Waals surface area (Å²) in [4.78, 5) is 2.62. The van der Waals surface area contributed by atoms with Gasteiger partial charge in [-0.25, -0.2) is 0 Å². The van der Waals surface area contributed by atoms with E-state index in [2.05, 4.69) is 30.1 Å². The largest absolute Gasteiger partial charge is 0.469 e. The van der Waals surface area contributed by atoms with Gasteiger partial charge in [0.05, 0.1) is 6.26 Å². The Morgan fingerprint density at radius 2 is 2.10 bits per heavy atom. The summed E-state index contributed by atoms with van der Waals surface area (Å²) in [5, 5.41) is 3.89. The van der Waals surface area contributed by atoms with Crippen LogP contribution in [0.3, 0.4) is 0 Å². The van der Waals surface area contributed by atoms with Crippen molar-refractivity contribution >= 4 is 0 Å². The third-order valence-corrected chi connectivity index (χ3v) is 4.70. The lowest BCUT2D eigenvalue weighted by Gasteiger charge is -2.36. The second-order valence-electron chi connectivity index (χ2n) is 6.88. The first-order valence-corrected chi connectivity index (χ1v) is 8.27. The van der Waals surface area contributed by atoms with Crippen molar-refractivity contribution < 1.29 is 4.42 Å². The standard InChI is InChI=1S/C17H28N2O/c1-13(2)12-19-9-6-14(7-10-19)18-16-4-3-5-17-15(16)8-11-20-17/h8,11,13-14,16,18H,3-7,9-10,12H2,1-2H3. The molecule has 0 spiro atoms. The van der Waals surface area contributed by atoms with E-state index in [0.29, 0.717) is 12.1 Å². The number of hydrogen-bond donors (Lipinski definition) is 1. The molecule has 1 aliphatic heterocycles. The maximum absolute atomic E-state index is 5.59. The van der Waals surface area contributed by atoms with Crippen LogP contribution in [-0.2, 0) is 6.42 Å². The van der Waals surface area contributed by atoms with Crippen LogP contribution in [0.25, 0.3) is 0 Å². The quantitative estimate of drug-likeness (QED) is 0.914. The van der Waals surface area contributed by atoms with E-state index in [1.165, 1.54) is 56.6 Å². The summed E-state index contributed by atoms with van der Waals surface area (Å²) < 4.78 is 5.59. The number of likely N-dealkylation sites (tertiary alicyclic amines) is 1. The summed E-state index contributed by atoms with van der Waals surface area (Å²) in [5.41, 5.74) is 1.42. The molecule has 1 fully saturated rings. The summed E-state index contributed by atoms with van der Waals surface area (Å²) in [6.07, 6.45) is 8.07. The van der Waals surface area contributed by atoms with Gasteiger partial charge in [-0.2, -0.15) is 0 Å². The molecule has 3 nitrogen and oxygen atoms in total. The summed E-state index contributed by atoms with van der Waals surface area (Å²) in [6, 6.07) is 3.38. The predicted molar refractivity (Wildman–Crippen MR) is 81.8 cm³/mol. The average Bonchev–Trinajstić information content (AvgIpc) is 2.90. The van der Waals surface area contributed by atoms with Crippen molar-refractivity contribution in [1.29, 1.82) is 0 Å². The molecule has 0 aromatic carbocycles.